The SMILES string of the molecule is CCCc1ccc(/C(C)=C/C(=O)O)cc1. The average molecular weight is 204 g/mol. The van der Waals surface area contributed by atoms with E-state index in [1.54, 1.807) is 0 Å². The van der Waals surface area contributed by atoms with Gasteiger partial charge in [-0.15, -0.1) is 0 Å². The van der Waals surface area contributed by atoms with Crippen LogP contribution in [0.1, 0.15) is 31.4 Å². The van der Waals surface area contributed by atoms with Crippen molar-refractivity contribution in [1.82, 2.24) is 0 Å². The summed E-state index contributed by atoms with van der Waals surface area (Å²) in [7, 11) is 0. The fourth-order valence-corrected chi connectivity index (χ4v) is 1.49. The second kappa shape index (κ2) is 5.35. The van der Waals surface area contributed by atoms with Crippen LogP contribution in [0.15, 0.2) is 30.3 Å². The van der Waals surface area contributed by atoms with E-state index in [1.807, 2.05) is 19.1 Å². The normalized spacial score (nSPS) is 11.5. The number of rotatable bonds is 4. The molecule has 0 saturated heterocycles. The number of hydrogen-bond acceptors (Lipinski definition) is 1. The lowest BCUT2D eigenvalue weighted by Gasteiger charge is -2.02. The molecular formula is C13H16O2. The molecule has 0 radical (unpaired) electrons. The van der Waals surface area contributed by atoms with E-state index in [4.69, 9.17) is 5.11 Å². The molecule has 0 atom stereocenters. The molecule has 0 spiro atoms. The Morgan fingerprint density at radius 3 is 2.40 bits per heavy atom. The van der Waals surface area contributed by atoms with E-state index in [9.17, 15) is 4.79 Å². The molecule has 80 valence electrons. The number of aliphatic carboxylic acids is 1. The van der Waals surface area contributed by atoms with Crippen molar-refractivity contribution in [3.05, 3.63) is 41.5 Å². The number of hydrogen-bond donors (Lipinski definition) is 1. The van der Waals surface area contributed by atoms with E-state index in [1.165, 1.54) is 11.6 Å². The summed E-state index contributed by atoms with van der Waals surface area (Å²) in [4.78, 5) is 10.5. The Kier molecular flexibility index (Phi) is 4.10. The van der Waals surface area contributed by atoms with Crippen molar-refractivity contribution >= 4 is 11.5 Å². The van der Waals surface area contributed by atoms with Crippen molar-refractivity contribution < 1.29 is 9.90 Å². The molecule has 0 saturated carbocycles. The van der Waals surface area contributed by atoms with Crippen molar-refractivity contribution in [1.29, 1.82) is 0 Å². The van der Waals surface area contributed by atoms with Crippen LogP contribution in [-0.2, 0) is 11.2 Å². The Morgan fingerprint density at radius 2 is 1.93 bits per heavy atom. The fraction of sp³-hybridized carbons (Fsp3) is 0.308. The number of carboxylic acid groups (broad SMARTS) is 1. The monoisotopic (exact) mass is 204 g/mol. The predicted octanol–water partition coefficient (Wildman–Crippen LogP) is 3.13. The van der Waals surface area contributed by atoms with Crippen LogP contribution in [0.25, 0.3) is 5.57 Å². The highest BCUT2D eigenvalue weighted by molar-refractivity contribution is 5.89. The molecule has 1 aromatic rings. The first kappa shape index (κ1) is 11.5. The zero-order valence-electron chi connectivity index (χ0n) is 9.16. The van der Waals surface area contributed by atoms with E-state index < -0.39 is 5.97 Å². The molecule has 0 heterocycles. The topological polar surface area (TPSA) is 37.3 Å². The predicted molar refractivity (Wildman–Crippen MR) is 61.7 cm³/mol. The van der Waals surface area contributed by atoms with Gasteiger partial charge in [-0.1, -0.05) is 37.6 Å². The fourth-order valence-electron chi connectivity index (χ4n) is 1.49. The number of allylic oxidation sites excluding steroid dienone is 1. The highest BCUT2D eigenvalue weighted by Crippen LogP contribution is 2.15. The van der Waals surface area contributed by atoms with E-state index in [2.05, 4.69) is 19.1 Å². The molecule has 0 bridgehead atoms. The Hall–Kier alpha value is -1.57. The van der Waals surface area contributed by atoms with Gasteiger partial charge in [0.05, 0.1) is 0 Å². The van der Waals surface area contributed by atoms with Crippen LogP contribution in [-0.4, -0.2) is 11.1 Å². The molecule has 0 aliphatic rings. The first-order valence-electron chi connectivity index (χ1n) is 5.14. The van der Waals surface area contributed by atoms with E-state index in [0.717, 1.165) is 24.0 Å². The molecule has 0 aliphatic carbocycles. The molecule has 1 rings (SSSR count). The summed E-state index contributed by atoms with van der Waals surface area (Å²) in [5, 5.41) is 8.61. The van der Waals surface area contributed by atoms with Gasteiger partial charge in [-0.05, 0) is 30.0 Å². The van der Waals surface area contributed by atoms with E-state index >= 15 is 0 Å². The van der Waals surface area contributed by atoms with E-state index in [-0.39, 0.29) is 0 Å². The van der Waals surface area contributed by atoms with Gasteiger partial charge in [0.1, 0.15) is 0 Å². The largest absolute Gasteiger partial charge is 0.478 e. The smallest absolute Gasteiger partial charge is 0.328 e. The minimum atomic E-state index is -0.898. The zero-order chi connectivity index (χ0) is 11.3. The molecule has 1 aromatic carbocycles. The van der Waals surface area contributed by atoms with Crippen molar-refractivity contribution in [2.75, 3.05) is 0 Å². The van der Waals surface area contributed by atoms with Gasteiger partial charge in [-0.2, -0.15) is 0 Å². The van der Waals surface area contributed by atoms with Gasteiger partial charge in [0, 0.05) is 6.08 Å². The molecule has 0 unspecified atom stereocenters. The molecule has 0 aliphatic heterocycles. The number of benzene rings is 1. The quantitative estimate of drug-likeness (QED) is 0.765. The third kappa shape index (κ3) is 3.58. The van der Waals surface area contributed by atoms with Crippen LogP contribution in [0.2, 0.25) is 0 Å². The summed E-state index contributed by atoms with van der Waals surface area (Å²) in [5.74, 6) is -0.898. The molecule has 1 N–H and O–H groups in total. The summed E-state index contributed by atoms with van der Waals surface area (Å²) < 4.78 is 0. The summed E-state index contributed by atoms with van der Waals surface area (Å²) >= 11 is 0. The van der Waals surface area contributed by atoms with Crippen LogP contribution < -0.4 is 0 Å². The van der Waals surface area contributed by atoms with Crippen molar-refractivity contribution in [3.63, 3.8) is 0 Å². The molecular weight excluding hydrogens is 188 g/mol. The molecule has 2 heteroatoms. The average Bonchev–Trinajstić information content (AvgIpc) is 2.18. The lowest BCUT2D eigenvalue weighted by molar-refractivity contribution is -0.131. The van der Waals surface area contributed by atoms with Gasteiger partial charge >= 0.3 is 5.97 Å². The summed E-state index contributed by atoms with van der Waals surface area (Å²) in [6.07, 6.45) is 3.43. The highest BCUT2D eigenvalue weighted by atomic mass is 16.4. The van der Waals surface area contributed by atoms with Crippen LogP contribution in [0.4, 0.5) is 0 Å². The maximum absolute atomic E-state index is 10.5. The molecule has 0 amide bonds. The lowest BCUT2D eigenvalue weighted by Crippen LogP contribution is -1.90. The van der Waals surface area contributed by atoms with Gasteiger partial charge in [0.2, 0.25) is 0 Å². The highest BCUT2D eigenvalue weighted by Gasteiger charge is 1.98. The van der Waals surface area contributed by atoms with Gasteiger partial charge < -0.3 is 5.11 Å². The van der Waals surface area contributed by atoms with Crippen LogP contribution in [0, 0.1) is 0 Å². The first-order valence-corrected chi connectivity index (χ1v) is 5.14. The Morgan fingerprint density at radius 1 is 1.33 bits per heavy atom. The summed E-state index contributed by atoms with van der Waals surface area (Å²) in [6, 6.07) is 8.05. The zero-order valence-corrected chi connectivity index (χ0v) is 9.16. The lowest BCUT2D eigenvalue weighted by atomic mass is 10.0. The minimum absolute atomic E-state index is 0.783. The Labute approximate surface area is 90.3 Å². The molecule has 2 nitrogen and oxygen atoms in total. The molecule has 0 fully saturated rings. The van der Waals surface area contributed by atoms with Gasteiger partial charge in [-0.3, -0.25) is 0 Å². The second-order valence-corrected chi connectivity index (χ2v) is 3.61. The summed E-state index contributed by atoms with van der Waals surface area (Å²) in [6.45, 7) is 3.95. The van der Waals surface area contributed by atoms with Crippen LogP contribution in [0.3, 0.4) is 0 Å². The minimum Gasteiger partial charge on any atom is -0.478 e. The Balaban J connectivity index is 2.84. The summed E-state index contributed by atoms with van der Waals surface area (Å²) in [5.41, 5.74) is 3.05. The van der Waals surface area contributed by atoms with Gasteiger partial charge in [0.15, 0.2) is 0 Å². The van der Waals surface area contributed by atoms with Crippen LogP contribution in [0.5, 0.6) is 0 Å². The number of carbonyl (C=O) groups is 1. The maximum atomic E-state index is 10.5. The van der Waals surface area contributed by atoms with Crippen LogP contribution >= 0.6 is 0 Å². The third-order valence-corrected chi connectivity index (χ3v) is 2.29. The van der Waals surface area contributed by atoms with Crippen molar-refractivity contribution in [2.24, 2.45) is 0 Å². The maximum Gasteiger partial charge on any atom is 0.328 e. The molecule has 15 heavy (non-hydrogen) atoms. The Bertz CT molecular complexity index is 361. The number of carboxylic acids is 1. The van der Waals surface area contributed by atoms with Crippen molar-refractivity contribution in [3.8, 4) is 0 Å². The van der Waals surface area contributed by atoms with E-state index in [0.29, 0.717) is 0 Å². The van der Waals surface area contributed by atoms with Gasteiger partial charge in [0.25, 0.3) is 0 Å². The third-order valence-electron chi connectivity index (χ3n) is 2.29. The van der Waals surface area contributed by atoms with Crippen molar-refractivity contribution in [2.45, 2.75) is 26.7 Å². The van der Waals surface area contributed by atoms with Gasteiger partial charge in [-0.25, -0.2) is 4.79 Å². The number of aryl methyl sites for hydroxylation is 1. The molecule has 0 aromatic heterocycles. The second-order valence-electron chi connectivity index (χ2n) is 3.61. The standard InChI is InChI=1S/C13H16O2/c1-3-4-11-5-7-12(8-6-11)10(2)9-13(14)15/h5-9H,3-4H2,1-2H3,(H,14,15)/b10-9+. The first-order chi connectivity index (χ1) is 7.13.